The van der Waals surface area contributed by atoms with E-state index in [1.165, 1.54) is 0 Å². The molecule has 0 radical (unpaired) electrons. The minimum Gasteiger partial charge on any atom is -0.341 e. The van der Waals surface area contributed by atoms with E-state index in [0.717, 1.165) is 13.2 Å². The highest BCUT2D eigenvalue weighted by Crippen LogP contribution is 2.13. The highest BCUT2D eigenvalue weighted by atomic mass is 32.2. The van der Waals surface area contributed by atoms with Gasteiger partial charge in [-0.15, -0.1) is 11.8 Å². The number of hydrogen-bond acceptors (Lipinski definition) is 3. The van der Waals surface area contributed by atoms with Crippen LogP contribution in [0.15, 0.2) is 0 Å². The van der Waals surface area contributed by atoms with Gasteiger partial charge < -0.3 is 9.47 Å². The first-order valence-corrected chi connectivity index (χ1v) is 3.48. The first kappa shape index (κ1) is 5.41. The Bertz CT molecular complexity index is 51.7. The van der Waals surface area contributed by atoms with Gasteiger partial charge >= 0.3 is 0 Å². The van der Waals surface area contributed by atoms with Gasteiger partial charge in [0.05, 0.1) is 13.2 Å². The van der Waals surface area contributed by atoms with E-state index in [4.69, 9.17) is 9.47 Å². The van der Waals surface area contributed by atoms with E-state index < -0.39 is 0 Å². The number of hydrogen-bond donors (Lipinski definition) is 0. The second-order valence-electron chi connectivity index (χ2n) is 1.27. The summed E-state index contributed by atoms with van der Waals surface area (Å²) < 4.78 is 10.1. The first-order chi connectivity index (χ1) is 3.43. The summed E-state index contributed by atoms with van der Waals surface area (Å²) in [5.74, 6) is 0. The Kier molecular flexibility index (Phi) is 1.97. The van der Waals surface area contributed by atoms with Gasteiger partial charge in [0.15, 0.2) is 0 Å². The second kappa shape index (κ2) is 2.55. The summed E-state index contributed by atoms with van der Waals surface area (Å²) in [7, 11) is 0. The molecule has 1 saturated heterocycles. The standard InChI is InChI=1S/C4H8O2S/c1-7-4-5-2-3-6-4/h4H,2-3H2,1H3. The van der Waals surface area contributed by atoms with Crippen LogP contribution in [0.3, 0.4) is 0 Å². The molecule has 7 heavy (non-hydrogen) atoms. The van der Waals surface area contributed by atoms with Crippen LogP contribution in [0, 0.1) is 0 Å². The summed E-state index contributed by atoms with van der Waals surface area (Å²) in [6.07, 6.45) is 1.97. The van der Waals surface area contributed by atoms with Crippen LogP contribution in [0.25, 0.3) is 0 Å². The lowest BCUT2D eigenvalue weighted by molar-refractivity contribution is 0.0349. The van der Waals surface area contributed by atoms with Crippen molar-refractivity contribution in [1.82, 2.24) is 0 Å². The molecule has 2 nitrogen and oxygen atoms in total. The summed E-state index contributed by atoms with van der Waals surface area (Å²) in [4.78, 5) is 0. The average Bonchev–Trinajstić information content (AvgIpc) is 2.14. The maximum atomic E-state index is 5.04. The second-order valence-corrected chi connectivity index (χ2v) is 2.12. The average molecular weight is 120 g/mol. The summed E-state index contributed by atoms with van der Waals surface area (Å²) in [6, 6.07) is 0. The molecule has 0 aliphatic carbocycles. The van der Waals surface area contributed by atoms with Crippen molar-refractivity contribution in [2.45, 2.75) is 5.62 Å². The molecule has 0 bridgehead atoms. The van der Waals surface area contributed by atoms with Crippen LogP contribution in [0.2, 0.25) is 0 Å². The van der Waals surface area contributed by atoms with Crippen molar-refractivity contribution in [3.63, 3.8) is 0 Å². The van der Waals surface area contributed by atoms with Gasteiger partial charge in [-0.2, -0.15) is 0 Å². The normalized spacial score (nSPS) is 23.6. The van der Waals surface area contributed by atoms with Crippen molar-refractivity contribution in [3.05, 3.63) is 0 Å². The quantitative estimate of drug-likeness (QED) is 0.507. The summed E-state index contributed by atoms with van der Waals surface area (Å²) in [6.45, 7) is 1.51. The fourth-order valence-corrected chi connectivity index (χ4v) is 0.937. The summed E-state index contributed by atoms with van der Waals surface area (Å²) >= 11 is 1.59. The number of rotatable bonds is 1. The predicted molar refractivity (Wildman–Crippen MR) is 29.2 cm³/mol. The van der Waals surface area contributed by atoms with Gasteiger partial charge in [0.1, 0.15) is 0 Å². The fourth-order valence-electron chi connectivity index (χ4n) is 0.473. The summed E-state index contributed by atoms with van der Waals surface area (Å²) in [5.41, 5.74) is 0.0139. The predicted octanol–water partition coefficient (Wildman–Crippen LogP) is 0.680. The van der Waals surface area contributed by atoms with E-state index in [1.54, 1.807) is 11.8 Å². The first-order valence-electron chi connectivity index (χ1n) is 2.19. The van der Waals surface area contributed by atoms with Crippen LogP contribution in [0.5, 0.6) is 0 Å². The molecular formula is C4H8O2S. The smallest absolute Gasteiger partial charge is 0.206 e. The van der Waals surface area contributed by atoms with Crippen molar-refractivity contribution in [2.75, 3.05) is 19.5 Å². The lowest BCUT2D eigenvalue weighted by Gasteiger charge is -2.00. The van der Waals surface area contributed by atoms with Gasteiger partial charge in [0.25, 0.3) is 0 Å². The highest BCUT2D eigenvalue weighted by Gasteiger charge is 2.12. The van der Waals surface area contributed by atoms with Crippen LogP contribution in [0.4, 0.5) is 0 Å². The van der Waals surface area contributed by atoms with E-state index in [1.807, 2.05) is 6.26 Å². The molecule has 1 fully saturated rings. The molecule has 0 aromatic heterocycles. The molecule has 0 N–H and O–H groups in total. The zero-order valence-corrected chi connectivity index (χ0v) is 5.03. The molecule has 0 saturated carbocycles. The Morgan fingerprint density at radius 3 is 2.29 bits per heavy atom. The molecule has 0 aromatic carbocycles. The fraction of sp³-hybridized carbons (Fsp3) is 1.00. The van der Waals surface area contributed by atoms with Gasteiger partial charge in [-0.1, -0.05) is 0 Å². The Labute approximate surface area is 47.2 Å². The zero-order chi connectivity index (χ0) is 5.11. The molecule has 0 amide bonds. The SMILES string of the molecule is CSC1OCCO1. The van der Waals surface area contributed by atoms with E-state index in [9.17, 15) is 0 Å². The van der Waals surface area contributed by atoms with Crippen molar-refractivity contribution < 1.29 is 9.47 Å². The van der Waals surface area contributed by atoms with E-state index in [2.05, 4.69) is 0 Å². The van der Waals surface area contributed by atoms with Crippen molar-refractivity contribution in [1.29, 1.82) is 0 Å². The monoisotopic (exact) mass is 120 g/mol. The zero-order valence-electron chi connectivity index (χ0n) is 4.22. The van der Waals surface area contributed by atoms with Crippen LogP contribution in [-0.2, 0) is 9.47 Å². The minimum absolute atomic E-state index is 0.0139. The lowest BCUT2D eigenvalue weighted by Crippen LogP contribution is -1.98. The molecule has 1 aliphatic heterocycles. The maximum absolute atomic E-state index is 5.04. The van der Waals surface area contributed by atoms with Gasteiger partial charge in [-0.05, 0) is 6.26 Å². The van der Waals surface area contributed by atoms with Crippen LogP contribution < -0.4 is 0 Å². The van der Waals surface area contributed by atoms with Crippen molar-refractivity contribution >= 4 is 11.8 Å². The van der Waals surface area contributed by atoms with Gasteiger partial charge in [-0.25, -0.2) is 0 Å². The molecule has 1 rings (SSSR count). The summed E-state index contributed by atoms with van der Waals surface area (Å²) in [5, 5.41) is 0. The molecule has 42 valence electrons. The third-order valence-corrected chi connectivity index (χ3v) is 1.44. The van der Waals surface area contributed by atoms with Gasteiger partial charge in [0, 0.05) is 0 Å². The Morgan fingerprint density at radius 1 is 1.43 bits per heavy atom. The molecule has 0 atom stereocenters. The third kappa shape index (κ3) is 1.33. The molecule has 3 heteroatoms. The van der Waals surface area contributed by atoms with Crippen LogP contribution in [-0.4, -0.2) is 25.1 Å². The molecule has 0 aromatic rings. The Hall–Kier alpha value is 0.270. The molecule has 0 spiro atoms. The highest BCUT2D eigenvalue weighted by molar-refractivity contribution is 7.98. The number of thioether (sulfide) groups is 1. The van der Waals surface area contributed by atoms with Crippen LogP contribution in [0.1, 0.15) is 0 Å². The number of ether oxygens (including phenoxy) is 2. The topological polar surface area (TPSA) is 18.5 Å². The van der Waals surface area contributed by atoms with Crippen molar-refractivity contribution in [2.24, 2.45) is 0 Å². The van der Waals surface area contributed by atoms with Gasteiger partial charge in [-0.3, -0.25) is 0 Å². The molecule has 0 unspecified atom stereocenters. The van der Waals surface area contributed by atoms with E-state index >= 15 is 0 Å². The largest absolute Gasteiger partial charge is 0.341 e. The molecule has 1 aliphatic rings. The molecule has 1 heterocycles. The molecular weight excluding hydrogens is 112 g/mol. The Morgan fingerprint density at radius 2 is 2.00 bits per heavy atom. The minimum atomic E-state index is 0.0139. The van der Waals surface area contributed by atoms with Crippen LogP contribution >= 0.6 is 11.8 Å². The van der Waals surface area contributed by atoms with E-state index in [-0.39, 0.29) is 5.62 Å². The van der Waals surface area contributed by atoms with Crippen molar-refractivity contribution in [3.8, 4) is 0 Å². The Balaban J connectivity index is 2.14. The third-order valence-electron chi connectivity index (χ3n) is 0.784. The lowest BCUT2D eigenvalue weighted by atomic mass is 10.8. The maximum Gasteiger partial charge on any atom is 0.206 e. The van der Waals surface area contributed by atoms with E-state index in [0.29, 0.717) is 0 Å². The van der Waals surface area contributed by atoms with Gasteiger partial charge in [0.2, 0.25) is 5.62 Å².